The topological polar surface area (TPSA) is 49.4 Å². The number of amides is 2. The highest BCUT2D eigenvalue weighted by Crippen LogP contribution is 2.38. The predicted octanol–water partition coefficient (Wildman–Crippen LogP) is 5.66. The Morgan fingerprint density at radius 1 is 1.10 bits per heavy atom. The molecule has 2 amide bonds. The molecule has 1 heterocycles. The van der Waals surface area contributed by atoms with Crippen molar-refractivity contribution >= 4 is 45.2 Å². The number of nitrogens with zero attached hydrogens (tertiary/aromatic N) is 1. The lowest BCUT2D eigenvalue weighted by atomic mass is 10.1. The largest absolute Gasteiger partial charge is 0.326 e. The average molecular weight is 499 g/mol. The Labute approximate surface area is 193 Å². The molecule has 0 radical (unpaired) electrons. The Kier molecular flexibility index (Phi) is 6.73. The van der Waals surface area contributed by atoms with E-state index in [0.717, 1.165) is 12.0 Å². The molecular formula is C24H20BrFN2O2S. The molecule has 4 rings (SSSR count). The number of anilines is 1. The van der Waals surface area contributed by atoms with E-state index in [1.54, 1.807) is 30.0 Å². The second-order valence-corrected chi connectivity index (χ2v) is 9.17. The van der Waals surface area contributed by atoms with E-state index in [0.29, 0.717) is 22.3 Å². The summed E-state index contributed by atoms with van der Waals surface area (Å²) < 4.78 is 14.6. The van der Waals surface area contributed by atoms with Crippen LogP contribution in [0, 0.1) is 5.82 Å². The van der Waals surface area contributed by atoms with Gasteiger partial charge in [0.2, 0.25) is 5.91 Å². The van der Waals surface area contributed by atoms with Crippen LogP contribution in [0.3, 0.4) is 0 Å². The maximum absolute atomic E-state index is 14.0. The van der Waals surface area contributed by atoms with Crippen molar-refractivity contribution in [1.82, 2.24) is 4.90 Å². The summed E-state index contributed by atoms with van der Waals surface area (Å²) in [4.78, 5) is 26.8. The molecule has 158 valence electrons. The zero-order valence-corrected chi connectivity index (χ0v) is 19.0. The normalized spacial score (nSPS) is 15.9. The summed E-state index contributed by atoms with van der Waals surface area (Å²) in [5.41, 5.74) is 2.71. The van der Waals surface area contributed by atoms with Gasteiger partial charge >= 0.3 is 0 Å². The standard InChI is InChI=1S/C24H20BrFN2O2S/c25-19-10-11-21(20(26)14-19)27-23(30)17-6-8-18(9-7-17)24-28(22(29)15-31-24)13-12-16-4-2-1-3-5-16/h1-11,14,24H,12-13,15H2,(H,27,30)/t24-/m1/s1. The minimum absolute atomic E-state index is 0.0720. The number of benzene rings is 3. The van der Waals surface area contributed by atoms with Crippen LogP contribution in [0.5, 0.6) is 0 Å². The lowest BCUT2D eigenvalue weighted by molar-refractivity contribution is -0.128. The van der Waals surface area contributed by atoms with Crippen LogP contribution in [0.15, 0.2) is 77.3 Å². The predicted molar refractivity (Wildman–Crippen MR) is 126 cm³/mol. The van der Waals surface area contributed by atoms with Gasteiger partial charge in [-0.25, -0.2) is 4.39 Å². The first kappa shape index (κ1) is 21.6. The fraction of sp³-hybridized carbons (Fsp3) is 0.167. The molecule has 31 heavy (non-hydrogen) atoms. The fourth-order valence-corrected chi connectivity index (χ4v) is 5.00. The second kappa shape index (κ2) is 9.66. The van der Waals surface area contributed by atoms with E-state index in [1.165, 1.54) is 17.7 Å². The Balaban J connectivity index is 1.43. The van der Waals surface area contributed by atoms with Gasteiger partial charge in [0.25, 0.3) is 5.91 Å². The van der Waals surface area contributed by atoms with Gasteiger partial charge < -0.3 is 10.2 Å². The molecule has 1 fully saturated rings. The van der Waals surface area contributed by atoms with Crippen LogP contribution in [-0.2, 0) is 11.2 Å². The number of thioether (sulfide) groups is 1. The van der Waals surface area contributed by atoms with Crippen molar-refractivity contribution in [3.05, 3.63) is 99.8 Å². The van der Waals surface area contributed by atoms with E-state index in [1.807, 2.05) is 35.2 Å². The van der Waals surface area contributed by atoms with E-state index in [4.69, 9.17) is 0 Å². The lowest BCUT2D eigenvalue weighted by Crippen LogP contribution is -2.30. The highest BCUT2D eigenvalue weighted by Gasteiger charge is 2.32. The van der Waals surface area contributed by atoms with Crippen LogP contribution in [0.25, 0.3) is 0 Å². The molecule has 0 spiro atoms. The third-order valence-electron chi connectivity index (χ3n) is 5.09. The smallest absolute Gasteiger partial charge is 0.255 e. The molecule has 3 aromatic carbocycles. The van der Waals surface area contributed by atoms with Crippen LogP contribution in [0.2, 0.25) is 0 Å². The summed E-state index contributed by atoms with van der Waals surface area (Å²) in [5.74, 6) is -0.318. The van der Waals surface area contributed by atoms with Gasteiger partial charge in [-0.3, -0.25) is 9.59 Å². The van der Waals surface area contributed by atoms with Crippen molar-refractivity contribution in [1.29, 1.82) is 0 Å². The van der Waals surface area contributed by atoms with E-state index >= 15 is 0 Å². The maximum atomic E-state index is 14.0. The Bertz CT molecular complexity index is 1090. The van der Waals surface area contributed by atoms with Gasteiger partial charge in [-0.2, -0.15) is 0 Å². The first-order chi connectivity index (χ1) is 15.0. The lowest BCUT2D eigenvalue weighted by Gasteiger charge is -2.24. The molecule has 1 atom stereocenters. The number of hydrogen-bond donors (Lipinski definition) is 1. The molecule has 0 bridgehead atoms. The molecular weight excluding hydrogens is 479 g/mol. The minimum Gasteiger partial charge on any atom is -0.326 e. The van der Waals surface area contributed by atoms with Crippen molar-refractivity contribution in [2.24, 2.45) is 0 Å². The van der Waals surface area contributed by atoms with Gasteiger partial charge in [-0.05, 0) is 47.9 Å². The Morgan fingerprint density at radius 3 is 2.55 bits per heavy atom. The molecule has 1 N–H and O–H groups in total. The number of carbonyl (C=O) groups excluding carboxylic acids is 2. The summed E-state index contributed by atoms with van der Waals surface area (Å²) in [6, 6.07) is 21.7. The monoisotopic (exact) mass is 498 g/mol. The average Bonchev–Trinajstić information content (AvgIpc) is 3.15. The van der Waals surface area contributed by atoms with Crippen LogP contribution < -0.4 is 5.32 Å². The first-order valence-corrected chi connectivity index (χ1v) is 11.7. The highest BCUT2D eigenvalue weighted by atomic mass is 79.9. The quantitative estimate of drug-likeness (QED) is 0.477. The van der Waals surface area contributed by atoms with Crippen molar-refractivity contribution in [3.63, 3.8) is 0 Å². The van der Waals surface area contributed by atoms with Crippen LogP contribution >= 0.6 is 27.7 Å². The molecule has 1 aliphatic heterocycles. The molecule has 7 heteroatoms. The van der Waals surface area contributed by atoms with Crippen molar-refractivity contribution in [2.45, 2.75) is 11.8 Å². The molecule has 0 saturated carbocycles. The summed E-state index contributed by atoms with van der Waals surface area (Å²) in [6.45, 7) is 0.644. The fourth-order valence-electron chi connectivity index (χ4n) is 3.45. The molecule has 0 aliphatic carbocycles. The Morgan fingerprint density at radius 2 is 1.84 bits per heavy atom. The first-order valence-electron chi connectivity index (χ1n) is 9.82. The Hall–Kier alpha value is -2.64. The van der Waals surface area contributed by atoms with Crippen molar-refractivity contribution in [3.8, 4) is 0 Å². The zero-order valence-electron chi connectivity index (χ0n) is 16.6. The van der Waals surface area contributed by atoms with E-state index in [2.05, 4.69) is 33.4 Å². The van der Waals surface area contributed by atoms with Crippen molar-refractivity contribution < 1.29 is 14.0 Å². The number of nitrogens with one attached hydrogen (secondary N) is 1. The van der Waals surface area contributed by atoms with Gasteiger partial charge in [0.05, 0.1) is 11.4 Å². The van der Waals surface area contributed by atoms with Crippen molar-refractivity contribution in [2.75, 3.05) is 17.6 Å². The highest BCUT2D eigenvalue weighted by molar-refractivity contribution is 9.10. The molecule has 1 aliphatic rings. The van der Waals surface area contributed by atoms with E-state index < -0.39 is 5.82 Å². The second-order valence-electron chi connectivity index (χ2n) is 7.19. The summed E-state index contributed by atoms with van der Waals surface area (Å²) in [6.07, 6.45) is 0.795. The molecule has 4 nitrogen and oxygen atoms in total. The molecule has 3 aromatic rings. The zero-order chi connectivity index (χ0) is 21.8. The van der Waals surface area contributed by atoms with Gasteiger partial charge in [-0.1, -0.05) is 58.4 Å². The van der Waals surface area contributed by atoms with Gasteiger partial charge in [0.15, 0.2) is 0 Å². The van der Waals surface area contributed by atoms with Crippen LogP contribution in [0.4, 0.5) is 10.1 Å². The molecule has 0 unspecified atom stereocenters. The van der Waals surface area contributed by atoms with Gasteiger partial charge in [-0.15, -0.1) is 11.8 Å². The number of rotatable bonds is 6. The number of hydrogen-bond acceptors (Lipinski definition) is 3. The third kappa shape index (κ3) is 5.17. The summed E-state index contributed by atoms with van der Waals surface area (Å²) >= 11 is 4.79. The number of carbonyl (C=O) groups is 2. The van der Waals surface area contributed by atoms with Crippen LogP contribution in [-0.4, -0.2) is 29.0 Å². The molecule has 1 saturated heterocycles. The van der Waals surface area contributed by atoms with Gasteiger partial charge in [0, 0.05) is 16.6 Å². The van der Waals surface area contributed by atoms with E-state index in [-0.39, 0.29) is 22.9 Å². The maximum Gasteiger partial charge on any atom is 0.255 e. The summed E-state index contributed by atoms with van der Waals surface area (Å²) in [7, 11) is 0. The van der Waals surface area contributed by atoms with E-state index in [9.17, 15) is 14.0 Å². The summed E-state index contributed by atoms with van der Waals surface area (Å²) in [5, 5.41) is 2.52. The third-order valence-corrected chi connectivity index (χ3v) is 6.84. The molecule has 0 aromatic heterocycles. The van der Waals surface area contributed by atoms with Gasteiger partial charge in [0.1, 0.15) is 11.2 Å². The number of halogens is 2. The van der Waals surface area contributed by atoms with Crippen LogP contribution in [0.1, 0.15) is 26.9 Å². The minimum atomic E-state index is -0.505. The SMILES string of the molecule is O=C(Nc1ccc(Br)cc1F)c1ccc([C@H]2SCC(=O)N2CCc2ccccc2)cc1.